The molecule has 0 aliphatic heterocycles. The normalized spacial score (nSPS) is 14.2. The van der Waals surface area contributed by atoms with Crippen LogP contribution in [0.2, 0.25) is 0 Å². The number of imidazole rings is 1. The van der Waals surface area contributed by atoms with E-state index in [4.69, 9.17) is 0 Å². The Bertz CT molecular complexity index is 1050. The maximum absolute atomic E-state index is 4.52. The highest BCUT2D eigenvalue weighted by molar-refractivity contribution is 5.83. The van der Waals surface area contributed by atoms with E-state index in [-0.39, 0.29) is 0 Å². The molecule has 3 aromatic heterocycles. The molecule has 1 N–H and O–H groups in total. The minimum absolute atomic E-state index is 0.566. The van der Waals surface area contributed by atoms with Gasteiger partial charge in [-0.05, 0) is 37.0 Å². The summed E-state index contributed by atoms with van der Waals surface area (Å²) in [5.74, 6) is 0.804. The Morgan fingerprint density at radius 1 is 1.08 bits per heavy atom. The smallest absolute Gasteiger partial charge is 0.165 e. The van der Waals surface area contributed by atoms with Gasteiger partial charge in [-0.15, -0.1) is 0 Å². The Morgan fingerprint density at radius 3 is 2.92 bits per heavy atom. The third kappa shape index (κ3) is 2.69. The molecule has 6 heteroatoms. The quantitative estimate of drug-likeness (QED) is 0.608. The summed E-state index contributed by atoms with van der Waals surface area (Å²) >= 11 is 0. The first-order chi connectivity index (χ1) is 12.4. The zero-order valence-electron chi connectivity index (χ0n) is 13.8. The first kappa shape index (κ1) is 14.3. The lowest BCUT2D eigenvalue weighted by atomic mass is 10.1. The van der Waals surface area contributed by atoms with Crippen LogP contribution in [0.3, 0.4) is 0 Å². The summed E-state index contributed by atoms with van der Waals surface area (Å²) in [7, 11) is 0. The van der Waals surface area contributed by atoms with Crippen LogP contribution in [0.15, 0.2) is 49.2 Å². The number of hydrogen-bond donors (Lipinski definition) is 1. The van der Waals surface area contributed by atoms with Gasteiger partial charge in [0, 0.05) is 24.2 Å². The van der Waals surface area contributed by atoms with Crippen molar-refractivity contribution in [3.63, 3.8) is 0 Å². The average Bonchev–Trinajstić information content (AvgIpc) is 3.40. The Hall–Kier alpha value is -3.02. The SMILES string of the molecule is c1ccc2ncc(CCNc3ncnc4c3ncn4C3CC3)cc2c1. The minimum atomic E-state index is 0.566. The molecule has 25 heavy (non-hydrogen) atoms. The van der Waals surface area contributed by atoms with E-state index >= 15 is 0 Å². The van der Waals surface area contributed by atoms with Crippen molar-refractivity contribution in [1.82, 2.24) is 24.5 Å². The van der Waals surface area contributed by atoms with Crippen molar-refractivity contribution in [2.45, 2.75) is 25.3 Å². The van der Waals surface area contributed by atoms with Crippen molar-refractivity contribution in [3.8, 4) is 0 Å². The van der Waals surface area contributed by atoms with Crippen LogP contribution in [0.1, 0.15) is 24.4 Å². The standard InChI is InChI=1S/C19H18N6/c1-2-4-16-14(3-1)9-13(10-21-16)7-8-20-18-17-19(23-11-22-18)25(12-24-17)15-5-6-15/h1-4,9-12,15H,5-8H2,(H,20,22,23). The van der Waals surface area contributed by atoms with Gasteiger partial charge in [-0.3, -0.25) is 4.98 Å². The van der Waals surface area contributed by atoms with Gasteiger partial charge in [0.25, 0.3) is 0 Å². The molecule has 124 valence electrons. The largest absolute Gasteiger partial charge is 0.368 e. The van der Waals surface area contributed by atoms with Crippen LogP contribution < -0.4 is 5.32 Å². The van der Waals surface area contributed by atoms with Crippen molar-refractivity contribution >= 4 is 27.9 Å². The van der Waals surface area contributed by atoms with Crippen molar-refractivity contribution in [1.29, 1.82) is 0 Å². The predicted molar refractivity (Wildman–Crippen MR) is 97.5 cm³/mol. The first-order valence-corrected chi connectivity index (χ1v) is 8.63. The summed E-state index contributed by atoms with van der Waals surface area (Å²) in [5, 5.41) is 4.58. The molecule has 0 amide bonds. The van der Waals surface area contributed by atoms with Crippen molar-refractivity contribution in [2.24, 2.45) is 0 Å². The molecule has 0 bridgehead atoms. The van der Waals surface area contributed by atoms with Crippen molar-refractivity contribution in [3.05, 3.63) is 54.7 Å². The second-order valence-electron chi connectivity index (χ2n) is 6.49. The molecular weight excluding hydrogens is 312 g/mol. The Morgan fingerprint density at radius 2 is 2.00 bits per heavy atom. The van der Waals surface area contributed by atoms with Gasteiger partial charge in [-0.2, -0.15) is 0 Å². The molecule has 0 saturated heterocycles. The van der Waals surface area contributed by atoms with Gasteiger partial charge in [0.15, 0.2) is 11.5 Å². The van der Waals surface area contributed by atoms with E-state index in [1.807, 2.05) is 30.7 Å². The van der Waals surface area contributed by atoms with Crippen LogP contribution in [-0.4, -0.2) is 31.0 Å². The van der Waals surface area contributed by atoms with Crippen LogP contribution in [0.25, 0.3) is 22.1 Å². The fraction of sp³-hybridized carbons (Fsp3) is 0.263. The Kier molecular flexibility index (Phi) is 3.33. The van der Waals surface area contributed by atoms with E-state index in [2.05, 4.69) is 42.0 Å². The molecule has 5 rings (SSSR count). The molecule has 0 spiro atoms. The van der Waals surface area contributed by atoms with Crippen LogP contribution in [0.5, 0.6) is 0 Å². The lowest BCUT2D eigenvalue weighted by molar-refractivity contribution is 0.756. The highest BCUT2D eigenvalue weighted by atomic mass is 15.2. The van der Waals surface area contributed by atoms with E-state index < -0.39 is 0 Å². The van der Waals surface area contributed by atoms with Gasteiger partial charge in [-0.1, -0.05) is 18.2 Å². The Labute approximate surface area is 145 Å². The summed E-state index contributed by atoms with van der Waals surface area (Å²) in [6.45, 7) is 0.780. The summed E-state index contributed by atoms with van der Waals surface area (Å²) < 4.78 is 2.16. The summed E-state index contributed by atoms with van der Waals surface area (Å²) in [6.07, 6.45) is 8.76. The zero-order valence-corrected chi connectivity index (χ0v) is 13.8. The number of para-hydroxylation sites is 1. The van der Waals surface area contributed by atoms with Gasteiger partial charge in [0.05, 0.1) is 11.8 Å². The van der Waals surface area contributed by atoms with Crippen molar-refractivity contribution < 1.29 is 0 Å². The van der Waals surface area contributed by atoms with Crippen LogP contribution in [0.4, 0.5) is 5.82 Å². The minimum Gasteiger partial charge on any atom is -0.368 e. The van der Waals surface area contributed by atoms with E-state index in [1.165, 1.54) is 23.8 Å². The second-order valence-corrected chi connectivity index (χ2v) is 6.49. The maximum atomic E-state index is 4.52. The molecule has 0 unspecified atom stereocenters. The van der Waals surface area contributed by atoms with Gasteiger partial charge < -0.3 is 9.88 Å². The number of anilines is 1. The third-order valence-corrected chi connectivity index (χ3v) is 4.65. The topological polar surface area (TPSA) is 68.5 Å². The number of fused-ring (bicyclic) bond motifs is 2. The number of pyridine rings is 1. The van der Waals surface area contributed by atoms with Gasteiger partial charge in [0.1, 0.15) is 11.8 Å². The molecule has 1 aliphatic carbocycles. The molecule has 1 fully saturated rings. The lowest BCUT2D eigenvalue weighted by Crippen LogP contribution is -2.07. The second kappa shape index (κ2) is 5.81. The fourth-order valence-electron chi connectivity index (χ4n) is 3.18. The van der Waals surface area contributed by atoms with Gasteiger partial charge in [0.2, 0.25) is 0 Å². The number of nitrogens with zero attached hydrogens (tertiary/aromatic N) is 5. The molecule has 1 aromatic carbocycles. The summed E-state index contributed by atoms with van der Waals surface area (Å²) in [5.41, 5.74) is 4.01. The molecule has 1 aliphatic rings. The van der Waals surface area contributed by atoms with E-state index in [0.717, 1.165) is 35.5 Å². The van der Waals surface area contributed by atoms with E-state index in [9.17, 15) is 0 Å². The maximum Gasteiger partial charge on any atom is 0.165 e. The molecule has 6 nitrogen and oxygen atoms in total. The van der Waals surface area contributed by atoms with Crippen LogP contribution >= 0.6 is 0 Å². The highest BCUT2D eigenvalue weighted by Crippen LogP contribution is 2.37. The predicted octanol–water partition coefficient (Wildman–Crippen LogP) is 3.36. The zero-order chi connectivity index (χ0) is 16.6. The molecule has 1 saturated carbocycles. The molecule has 4 aromatic rings. The van der Waals surface area contributed by atoms with Crippen LogP contribution in [0, 0.1) is 0 Å². The molecular formula is C19H18N6. The van der Waals surface area contributed by atoms with Crippen LogP contribution in [-0.2, 0) is 6.42 Å². The highest BCUT2D eigenvalue weighted by Gasteiger charge is 2.26. The van der Waals surface area contributed by atoms with Gasteiger partial charge >= 0.3 is 0 Å². The number of nitrogens with one attached hydrogen (secondary N) is 1. The number of benzene rings is 1. The molecule has 3 heterocycles. The first-order valence-electron chi connectivity index (χ1n) is 8.63. The van der Waals surface area contributed by atoms with Gasteiger partial charge in [-0.25, -0.2) is 15.0 Å². The third-order valence-electron chi connectivity index (χ3n) is 4.65. The number of hydrogen-bond acceptors (Lipinski definition) is 5. The average molecular weight is 330 g/mol. The number of rotatable bonds is 5. The molecule has 0 radical (unpaired) electrons. The lowest BCUT2D eigenvalue weighted by Gasteiger charge is -2.07. The van der Waals surface area contributed by atoms with E-state index in [1.54, 1.807) is 6.33 Å². The Balaban J connectivity index is 1.33. The monoisotopic (exact) mass is 330 g/mol. The van der Waals surface area contributed by atoms with E-state index in [0.29, 0.717) is 6.04 Å². The molecule has 0 atom stereocenters. The van der Waals surface area contributed by atoms with Crippen molar-refractivity contribution in [2.75, 3.05) is 11.9 Å². The summed E-state index contributed by atoms with van der Waals surface area (Å²) in [6, 6.07) is 10.9. The summed E-state index contributed by atoms with van der Waals surface area (Å²) in [4.78, 5) is 17.8. The number of aromatic nitrogens is 5. The fourth-order valence-corrected chi connectivity index (χ4v) is 3.18.